The minimum atomic E-state index is -0.150. The minimum Gasteiger partial charge on any atom is -0.493 e. The van der Waals surface area contributed by atoms with Crippen molar-refractivity contribution in [1.29, 1.82) is 0 Å². The van der Waals surface area contributed by atoms with Crippen LogP contribution in [0, 0.1) is 0 Å². The van der Waals surface area contributed by atoms with Crippen LogP contribution in [0.3, 0.4) is 0 Å². The Kier molecular flexibility index (Phi) is 5.66. The monoisotopic (exact) mass is 451 g/mol. The van der Waals surface area contributed by atoms with Crippen molar-refractivity contribution in [2.75, 3.05) is 34.0 Å². The standard InChI is InChI=1S/C25H25NO5S/c1-28-20-14-17-7-8-26(25(23-4-3-11-32-23)18(17)15-21(20)29-2)24(27)13-16-5-6-19-22(12-16)31-10-9-30-19/h3-6,11-12,14-15,25H,7-10,13H2,1-2H3. The van der Waals surface area contributed by atoms with Gasteiger partial charge in [0.1, 0.15) is 13.2 Å². The van der Waals surface area contributed by atoms with Crippen LogP contribution in [0.1, 0.15) is 27.6 Å². The zero-order valence-electron chi connectivity index (χ0n) is 18.1. The molecule has 0 saturated carbocycles. The summed E-state index contributed by atoms with van der Waals surface area (Å²) in [6.07, 6.45) is 1.07. The fourth-order valence-corrected chi connectivity index (χ4v) is 5.30. The number of nitrogens with zero attached hydrogens (tertiary/aromatic N) is 1. The van der Waals surface area contributed by atoms with E-state index in [9.17, 15) is 4.79 Å². The smallest absolute Gasteiger partial charge is 0.227 e. The number of benzene rings is 2. The second-order valence-electron chi connectivity index (χ2n) is 7.82. The maximum Gasteiger partial charge on any atom is 0.227 e. The lowest BCUT2D eigenvalue weighted by molar-refractivity contribution is -0.132. The lowest BCUT2D eigenvalue weighted by Gasteiger charge is -2.37. The Morgan fingerprint density at radius 1 is 1.06 bits per heavy atom. The number of fused-ring (bicyclic) bond motifs is 2. The zero-order valence-corrected chi connectivity index (χ0v) is 18.9. The molecule has 5 rings (SSSR count). The summed E-state index contributed by atoms with van der Waals surface area (Å²) in [5, 5.41) is 2.05. The molecule has 1 aromatic heterocycles. The number of methoxy groups -OCH3 is 2. The summed E-state index contributed by atoms with van der Waals surface area (Å²) >= 11 is 1.66. The first-order valence-electron chi connectivity index (χ1n) is 10.6. The van der Waals surface area contributed by atoms with Gasteiger partial charge in [-0.25, -0.2) is 0 Å². The molecule has 3 aromatic rings. The summed E-state index contributed by atoms with van der Waals surface area (Å²) in [6.45, 7) is 1.72. The number of ether oxygens (including phenoxy) is 4. The number of hydrogen-bond donors (Lipinski definition) is 0. The van der Waals surface area contributed by atoms with Gasteiger partial charge in [-0.15, -0.1) is 11.3 Å². The van der Waals surface area contributed by atoms with Crippen LogP contribution in [0.5, 0.6) is 23.0 Å². The van der Waals surface area contributed by atoms with E-state index in [2.05, 4.69) is 6.07 Å². The van der Waals surface area contributed by atoms with Crippen molar-refractivity contribution in [3.8, 4) is 23.0 Å². The molecule has 1 unspecified atom stereocenters. The van der Waals surface area contributed by atoms with E-state index >= 15 is 0 Å². The molecule has 32 heavy (non-hydrogen) atoms. The number of thiophene rings is 1. The fourth-order valence-electron chi connectivity index (χ4n) is 4.44. The third kappa shape index (κ3) is 3.77. The predicted octanol–water partition coefficient (Wildman–Crippen LogP) is 4.25. The lowest BCUT2D eigenvalue weighted by atomic mass is 9.90. The van der Waals surface area contributed by atoms with E-state index in [-0.39, 0.29) is 11.9 Å². The van der Waals surface area contributed by atoms with Crippen molar-refractivity contribution in [2.24, 2.45) is 0 Å². The fraction of sp³-hybridized carbons (Fsp3) is 0.320. The van der Waals surface area contributed by atoms with Gasteiger partial charge in [-0.05, 0) is 58.8 Å². The van der Waals surface area contributed by atoms with E-state index in [1.165, 1.54) is 5.56 Å². The highest BCUT2D eigenvalue weighted by Crippen LogP contribution is 2.42. The molecule has 2 aliphatic rings. The Hall–Kier alpha value is -3.19. The van der Waals surface area contributed by atoms with Gasteiger partial charge in [-0.1, -0.05) is 12.1 Å². The number of rotatable bonds is 5. The molecule has 0 fully saturated rings. The summed E-state index contributed by atoms with van der Waals surface area (Å²) in [5.74, 6) is 2.91. The van der Waals surface area contributed by atoms with Crippen molar-refractivity contribution in [3.63, 3.8) is 0 Å². The van der Waals surface area contributed by atoms with Gasteiger partial charge < -0.3 is 23.8 Å². The molecule has 0 aliphatic carbocycles. The van der Waals surface area contributed by atoms with Crippen LogP contribution in [0.25, 0.3) is 0 Å². The van der Waals surface area contributed by atoms with Gasteiger partial charge in [-0.3, -0.25) is 4.79 Å². The molecule has 0 N–H and O–H groups in total. The molecule has 2 aromatic carbocycles. The maximum atomic E-state index is 13.5. The molecular weight excluding hydrogens is 426 g/mol. The van der Waals surface area contributed by atoms with Crippen LogP contribution in [0.4, 0.5) is 0 Å². The first kappa shape index (κ1) is 20.7. The second kappa shape index (κ2) is 8.74. The average Bonchev–Trinajstić information content (AvgIpc) is 3.36. The summed E-state index contributed by atoms with van der Waals surface area (Å²) in [6, 6.07) is 13.8. The van der Waals surface area contributed by atoms with Gasteiger partial charge in [0.05, 0.1) is 26.7 Å². The lowest BCUT2D eigenvalue weighted by Crippen LogP contribution is -2.41. The Labute approximate surface area is 191 Å². The molecule has 6 nitrogen and oxygen atoms in total. The maximum absolute atomic E-state index is 13.5. The summed E-state index contributed by atoms with van der Waals surface area (Å²) in [5.41, 5.74) is 3.19. The first-order valence-corrected chi connectivity index (χ1v) is 11.5. The van der Waals surface area contributed by atoms with Crippen LogP contribution in [-0.4, -0.2) is 44.8 Å². The quantitative estimate of drug-likeness (QED) is 0.580. The van der Waals surface area contributed by atoms with Crippen molar-refractivity contribution in [1.82, 2.24) is 4.90 Å². The van der Waals surface area contributed by atoms with Crippen molar-refractivity contribution in [2.45, 2.75) is 18.9 Å². The summed E-state index contributed by atoms with van der Waals surface area (Å²) < 4.78 is 22.4. The first-order chi connectivity index (χ1) is 15.7. The molecule has 1 atom stereocenters. The van der Waals surface area contributed by atoms with Crippen molar-refractivity contribution in [3.05, 3.63) is 69.4 Å². The van der Waals surface area contributed by atoms with Gasteiger partial charge in [0.25, 0.3) is 0 Å². The second-order valence-corrected chi connectivity index (χ2v) is 8.80. The largest absolute Gasteiger partial charge is 0.493 e. The Morgan fingerprint density at radius 2 is 1.84 bits per heavy atom. The molecule has 2 aliphatic heterocycles. The Bertz CT molecular complexity index is 1130. The van der Waals surface area contributed by atoms with Crippen LogP contribution < -0.4 is 18.9 Å². The van der Waals surface area contributed by atoms with Gasteiger partial charge in [-0.2, -0.15) is 0 Å². The molecule has 0 spiro atoms. The Morgan fingerprint density at radius 3 is 2.59 bits per heavy atom. The summed E-state index contributed by atoms with van der Waals surface area (Å²) in [7, 11) is 3.28. The SMILES string of the molecule is COc1cc2c(cc1OC)C(c1cccs1)N(C(=O)Cc1ccc3c(c1)OCCO3)CC2. The highest BCUT2D eigenvalue weighted by molar-refractivity contribution is 7.10. The number of hydrogen-bond acceptors (Lipinski definition) is 6. The average molecular weight is 452 g/mol. The zero-order chi connectivity index (χ0) is 22.1. The van der Waals surface area contributed by atoms with E-state index in [0.29, 0.717) is 43.4 Å². The third-order valence-electron chi connectivity index (χ3n) is 5.97. The molecular formula is C25H25NO5S. The molecule has 1 amide bonds. The summed E-state index contributed by atoms with van der Waals surface area (Å²) in [4.78, 5) is 16.6. The molecule has 0 radical (unpaired) electrons. The van der Waals surface area contributed by atoms with E-state index in [0.717, 1.165) is 28.2 Å². The van der Waals surface area contributed by atoms with E-state index in [1.54, 1.807) is 25.6 Å². The molecule has 0 bridgehead atoms. The Balaban J connectivity index is 1.47. The molecule has 7 heteroatoms. The minimum absolute atomic E-state index is 0.0838. The normalized spacial score (nSPS) is 16.9. The number of carbonyl (C=O) groups excluding carboxylic acids is 1. The molecule has 0 saturated heterocycles. The van der Waals surface area contributed by atoms with E-state index in [4.69, 9.17) is 18.9 Å². The van der Waals surface area contributed by atoms with E-state index < -0.39 is 0 Å². The van der Waals surface area contributed by atoms with Gasteiger partial charge >= 0.3 is 0 Å². The third-order valence-corrected chi connectivity index (χ3v) is 6.89. The number of carbonyl (C=O) groups is 1. The van der Waals surface area contributed by atoms with Crippen LogP contribution in [-0.2, 0) is 17.6 Å². The topological polar surface area (TPSA) is 57.2 Å². The van der Waals surface area contributed by atoms with Crippen LogP contribution in [0.15, 0.2) is 47.8 Å². The molecule has 3 heterocycles. The van der Waals surface area contributed by atoms with Crippen molar-refractivity contribution < 1.29 is 23.7 Å². The van der Waals surface area contributed by atoms with Crippen LogP contribution >= 0.6 is 11.3 Å². The van der Waals surface area contributed by atoms with E-state index in [1.807, 2.05) is 46.7 Å². The van der Waals surface area contributed by atoms with Gasteiger partial charge in [0, 0.05) is 11.4 Å². The number of amides is 1. The highest BCUT2D eigenvalue weighted by Gasteiger charge is 2.34. The van der Waals surface area contributed by atoms with Gasteiger partial charge in [0.15, 0.2) is 23.0 Å². The van der Waals surface area contributed by atoms with Crippen molar-refractivity contribution >= 4 is 17.2 Å². The predicted molar refractivity (Wildman–Crippen MR) is 122 cm³/mol. The van der Waals surface area contributed by atoms with Gasteiger partial charge in [0.2, 0.25) is 5.91 Å². The van der Waals surface area contributed by atoms with Crippen LogP contribution in [0.2, 0.25) is 0 Å². The highest BCUT2D eigenvalue weighted by atomic mass is 32.1. The molecule has 166 valence electrons.